The van der Waals surface area contributed by atoms with E-state index in [0.717, 1.165) is 16.8 Å². The molecule has 0 N–H and O–H groups in total. The smallest absolute Gasteiger partial charge is 0.416 e. The Bertz CT molecular complexity index is 1450. The number of nitrogens with zero attached hydrogens (tertiary/aromatic N) is 4. The van der Waals surface area contributed by atoms with Gasteiger partial charge in [0.15, 0.2) is 0 Å². The Labute approximate surface area is 223 Å². The summed E-state index contributed by atoms with van der Waals surface area (Å²) < 4.78 is 72.3. The first-order valence-corrected chi connectivity index (χ1v) is 13.7. The molecule has 1 aromatic heterocycles. The largest absolute Gasteiger partial charge is 0.481 e. The van der Waals surface area contributed by atoms with E-state index in [2.05, 4.69) is 5.10 Å². The predicted octanol–water partition coefficient (Wildman–Crippen LogP) is 4.34. The Morgan fingerprint density at radius 1 is 1.05 bits per heavy atom. The molecule has 1 fully saturated rings. The molecule has 0 spiro atoms. The van der Waals surface area contributed by atoms with Gasteiger partial charge in [0.25, 0.3) is 0 Å². The van der Waals surface area contributed by atoms with Crippen LogP contribution in [0.15, 0.2) is 59.5 Å². The van der Waals surface area contributed by atoms with Gasteiger partial charge in [-0.2, -0.15) is 27.3 Å². The third-order valence-corrected chi connectivity index (χ3v) is 8.68. The maximum absolute atomic E-state index is 13.5. The molecule has 13 heteroatoms. The quantitative estimate of drug-likeness (QED) is 0.420. The van der Waals surface area contributed by atoms with E-state index >= 15 is 0 Å². The summed E-state index contributed by atoms with van der Waals surface area (Å²) in [7, 11) is -3.43. The zero-order valence-electron chi connectivity index (χ0n) is 20.7. The van der Waals surface area contributed by atoms with Gasteiger partial charge in [-0.05, 0) is 49.7 Å². The summed E-state index contributed by atoms with van der Waals surface area (Å²) in [4.78, 5) is 15.3. The van der Waals surface area contributed by atoms with E-state index in [1.165, 1.54) is 22.6 Å². The summed E-state index contributed by atoms with van der Waals surface area (Å²) in [6.07, 6.45) is -3.01. The molecule has 3 aromatic rings. The maximum atomic E-state index is 13.5. The summed E-state index contributed by atoms with van der Waals surface area (Å²) in [5.41, 5.74) is -0.178. The minimum Gasteiger partial charge on any atom is -0.481 e. The topological polar surface area (TPSA) is 84.7 Å². The number of hydrogen-bond donors (Lipinski definition) is 0. The van der Waals surface area contributed by atoms with Crippen LogP contribution in [0.5, 0.6) is 5.75 Å². The van der Waals surface area contributed by atoms with Crippen molar-refractivity contribution >= 4 is 27.3 Å². The van der Waals surface area contributed by atoms with Gasteiger partial charge in [0.2, 0.25) is 15.8 Å². The second kappa shape index (κ2) is 11.0. The fourth-order valence-electron chi connectivity index (χ4n) is 4.01. The molecule has 1 saturated heterocycles. The number of ether oxygens (including phenoxy) is 1. The second-order valence-electron chi connectivity index (χ2n) is 9.02. The first kappa shape index (κ1) is 27.9. The van der Waals surface area contributed by atoms with Gasteiger partial charge < -0.3 is 9.64 Å². The van der Waals surface area contributed by atoms with E-state index in [0.29, 0.717) is 35.1 Å². The lowest BCUT2D eigenvalue weighted by Gasteiger charge is -2.36. The van der Waals surface area contributed by atoms with Gasteiger partial charge in [-0.25, -0.2) is 8.42 Å². The Morgan fingerprint density at radius 3 is 2.29 bits per heavy atom. The van der Waals surface area contributed by atoms with E-state index in [1.807, 2.05) is 4.90 Å². The highest BCUT2D eigenvalue weighted by Gasteiger charge is 2.32. The third-order valence-electron chi connectivity index (χ3n) is 6.17. The van der Waals surface area contributed by atoms with Crippen molar-refractivity contribution in [1.29, 1.82) is 0 Å². The molecular weight excluding hydrogens is 545 g/mol. The number of anilines is 1. The molecule has 0 amide bonds. The third kappa shape index (κ3) is 5.97. The molecule has 0 bridgehead atoms. The van der Waals surface area contributed by atoms with Gasteiger partial charge in [0.05, 0.1) is 22.7 Å². The van der Waals surface area contributed by atoms with Crippen molar-refractivity contribution in [2.75, 3.05) is 31.1 Å². The fraction of sp³-hybridized carbons (Fsp3) is 0.360. The lowest BCUT2D eigenvalue weighted by Crippen LogP contribution is -2.50. The van der Waals surface area contributed by atoms with Crippen molar-refractivity contribution in [3.05, 3.63) is 81.2 Å². The van der Waals surface area contributed by atoms with Crippen LogP contribution in [0.2, 0.25) is 5.02 Å². The van der Waals surface area contributed by atoms with Crippen molar-refractivity contribution in [3.8, 4) is 11.4 Å². The number of aromatic nitrogens is 2. The number of piperazine rings is 1. The Balaban J connectivity index is 1.65. The van der Waals surface area contributed by atoms with Crippen LogP contribution in [0.3, 0.4) is 0 Å². The molecule has 2 heterocycles. The highest BCUT2D eigenvalue weighted by Crippen LogP contribution is 2.30. The van der Waals surface area contributed by atoms with E-state index in [4.69, 9.17) is 16.3 Å². The molecule has 0 radical (unpaired) electrons. The van der Waals surface area contributed by atoms with Gasteiger partial charge >= 0.3 is 11.7 Å². The van der Waals surface area contributed by atoms with Gasteiger partial charge in [0, 0.05) is 31.2 Å². The minimum absolute atomic E-state index is 0.0555. The Kier molecular flexibility index (Phi) is 8.05. The maximum Gasteiger partial charge on any atom is 0.416 e. The van der Waals surface area contributed by atoms with Crippen molar-refractivity contribution < 1.29 is 26.3 Å². The highest BCUT2D eigenvalue weighted by molar-refractivity contribution is 7.89. The molecule has 0 aliphatic carbocycles. The Hall–Kier alpha value is -3.09. The van der Waals surface area contributed by atoms with Crippen LogP contribution >= 0.6 is 11.6 Å². The molecule has 0 atom stereocenters. The minimum atomic E-state index is -4.46. The average molecular weight is 571 g/mol. The van der Waals surface area contributed by atoms with Crippen LogP contribution in [-0.2, 0) is 22.8 Å². The number of hydrogen-bond acceptors (Lipinski definition) is 6. The Morgan fingerprint density at radius 2 is 1.71 bits per heavy atom. The lowest BCUT2D eigenvalue weighted by molar-refractivity contribution is -0.137. The van der Waals surface area contributed by atoms with E-state index in [1.54, 1.807) is 38.1 Å². The summed E-state index contributed by atoms with van der Waals surface area (Å²) in [5.74, 6) is -0.0555. The molecule has 4 rings (SSSR count). The zero-order valence-corrected chi connectivity index (χ0v) is 22.2. The van der Waals surface area contributed by atoms with Gasteiger partial charge in [-0.1, -0.05) is 29.8 Å². The lowest BCUT2D eigenvalue weighted by atomic mass is 10.1. The molecule has 0 saturated carbocycles. The molecule has 8 nitrogen and oxygen atoms in total. The van der Waals surface area contributed by atoms with Gasteiger partial charge in [0.1, 0.15) is 12.3 Å². The SMILES string of the molecule is CC(C)S(=O)(=O)N1CCN(c2cnn(-c3cccc(Cl)c3)c(=O)c2OCc2ccc(C(F)(F)F)cc2)CC1. The van der Waals surface area contributed by atoms with Crippen LogP contribution < -0.4 is 15.2 Å². The fourth-order valence-corrected chi connectivity index (χ4v) is 5.46. The van der Waals surface area contributed by atoms with Crippen molar-refractivity contribution in [3.63, 3.8) is 0 Å². The van der Waals surface area contributed by atoms with Gasteiger partial charge in [-0.15, -0.1) is 0 Å². The molecular formula is C25H26ClF3N4O4S. The molecule has 1 aliphatic heterocycles. The van der Waals surface area contributed by atoms with Crippen LogP contribution in [0.25, 0.3) is 5.69 Å². The van der Waals surface area contributed by atoms with Crippen molar-refractivity contribution in [2.45, 2.75) is 31.9 Å². The first-order chi connectivity index (χ1) is 17.9. The van der Waals surface area contributed by atoms with Gasteiger partial charge in [-0.3, -0.25) is 4.79 Å². The number of rotatable bonds is 7. The summed E-state index contributed by atoms with van der Waals surface area (Å²) in [6, 6.07) is 11.0. The monoisotopic (exact) mass is 570 g/mol. The molecule has 1 aliphatic rings. The molecule has 204 valence electrons. The highest BCUT2D eigenvalue weighted by atomic mass is 35.5. The number of benzene rings is 2. The molecule has 38 heavy (non-hydrogen) atoms. The second-order valence-corrected chi connectivity index (χ2v) is 11.9. The summed E-state index contributed by atoms with van der Waals surface area (Å²) in [6.45, 7) is 4.10. The molecule has 2 aromatic carbocycles. The summed E-state index contributed by atoms with van der Waals surface area (Å²) >= 11 is 6.08. The number of halogens is 4. The number of alkyl halides is 3. The first-order valence-electron chi connectivity index (χ1n) is 11.8. The predicted molar refractivity (Wildman–Crippen MR) is 138 cm³/mol. The molecule has 0 unspecified atom stereocenters. The van der Waals surface area contributed by atoms with Crippen LogP contribution in [0.1, 0.15) is 25.0 Å². The summed E-state index contributed by atoms with van der Waals surface area (Å²) in [5, 5.41) is 4.12. The number of sulfonamides is 1. The van der Waals surface area contributed by atoms with E-state index < -0.39 is 32.6 Å². The standard InChI is InChI=1S/C25H26ClF3N4O4S/c1-17(2)38(35,36)32-12-10-31(11-13-32)22-15-30-33(21-5-3-4-20(26)14-21)24(34)23(22)37-16-18-6-8-19(9-7-18)25(27,28)29/h3-9,14-15,17H,10-13,16H2,1-2H3. The average Bonchev–Trinajstić information content (AvgIpc) is 2.87. The van der Waals surface area contributed by atoms with E-state index in [9.17, 15) is 26.4 Å². The van der Waals surface area contributed by atoms with Crippen molar-refractivity contribution in [1.82, 2.24) is 14.1 Å². The zero-order chi connectivity index (χ0) is 27.7. The van der Waals surface area contributed by atoms with Crippen LogP contribution in [0.4, 0.5) is 18.9 Å². The van der Waals surface area contributed by atoms with E-state index in [-0.39, 0.29) is 25.4 Å². The normalized spacial score (nSPS) is 15.2. The van der Waals surface area contributed by atoms with Crippen LogP contribution in [0, 0.1) is 0 Å². The van der Waals surface area contributed by atoms with Crippen molar-refractivity contribution in [2.24, 2.45) is 0 Å². The van der Waals surface area contributed by atoms with Crippen LogP contribution in [-0.4, -0.2) is 53.9 Å².